The smallest absolute Gasteiger partial charge is 0.0547 e. The predicted molar refractivity (Wildman–Crippen MR) is 274 cm³/mol. The zero-order valence-electron chi connectivity index (χ0n) is 34.9. The molecule has 0 fully saturated rings. The topological polar surface area (TPSA) is 11.4 Å². The lowest BCUT2D eigenvalue weighted by Crippen LogP contribution is -2.13. The molecule has 12 aromatic rings. The molecule has 0 atom stereocenters. The number of thiophene rings is 1. The van der Waals surface area contributed by atoms with Crippen molar-refractivity contribution in [3.05, 3.63) is 249 Å². The van der Waals surface area contributed by atoms with Crippen LogP contribution in [0.4, 0.5) is 34.1 Å². The van der Waals surface area contributed by atoms with Crippen molar-refractivity contribution in [2.24, 2.45) is 0 Å². The van der Waals surface area contributed by atoms with Crippen LogP contribution in [-0.4, -0.2) is 4.57 Å². The Labute approximate surface area is 376 Å². The maximum Gasteiger partial charge on any atom is 0.0547 e. The van der Waals surface area contributed by atoms with E-state index in [4.69, 9.17) is 0 Å². The maximum absolute atomic E-state index is 2.42. The highest BCUT2D eigenvalue weighted by Crippen LogP contribution is 2.44. The monoisotopic (exact) mass is 835 g/mol. The van der Waals surface area contributed by atoms with E-state index in [1.807, 2.05) is 11.3 Å². The van der Waals surface area contributed by atoms with E-state index >= 15 is 0 Å². The summed E-state index contributed by atoms with van der Waals surface area (Å²) in [6.45, 7) is 0. The second kappa shape index (κ2) is 15.9. The van der Waals surface area contributed by atoms with Gasteiger partial charge >= 0.3 is 0 Å². The Bertz CT molecular complexity index is 3610. The first-order chi connectivity index (χ1) is 31.7. The Morgan fingerprint density at radius 1 is 0.266 bits per heavy atom. The molecule has 0 radical (unpaired) electrons. The summed E-state index contributed by atoms with van der Waals surface area (Å²) in [6, 6.07) is 90.1. The fourth-order valence-corrected chi connectivity index (χ4v) is 10.4. The number of fused-ring (bicyclic) bond motifs is 6. The van der Waals surface area contributed by atoms with Crippen LogP contribution in [0.25, 0.3) is 69.9 Å². The van der Waals surface area contributed by atoms with Gasteiger partial charge in [-0.05, 0) is 125 Å². The van der Waals surface area contributed by atoms with Gasteiger partial charge in [-0.3, -0.25) is 0 Å². The predicted octanol–water partition coefficient (Wildman–Crippen LogP) is 17.4. The average Bonchev–Trinajstić information content (AvgIpc) is 3.91. The van der Waals surface area contributed by atoms with E-state index in [2.05, 4.69) is 263 Å². The van der Waals surface area contributed by atoms with Gasteiger partial charge in [0.2, 0.25) is 0 Å². The number of benzene rings is 10. The van der Waals surface area contributed by atoms with Crippen LogP contribution < -0.4 is 9.80 Å². The normalized spacial score (nSPS) is 11.4. The van der Waals surface area contributed by atoms with Crippen molar-refractivity contribution < 1.29 is 0 Å². The minimum atomic E-state index is 1.06. The number of hydrogen-bond acceptors (Lipinski definition) is 3. The molecule has 0 saturated heterocycles. The average molecular weight is 836 g/mol. The van der Waals surface area contributed by atoms with Crippen molar-refractivity contribution >= 4 is 87.4 Å². The Hall–Kier alpha value is -8.18. The Kier molecular flexibility index (Phi) is 9.36. The molecule has 0 aliphatic rings. The summed E-state index contributed by atoms with van der Waals surface area (Å²) in [4.78, 5) is 4.77. The second-order valence-electron chi connectivity index (χ2n) is 16.2. The summed E-state index contributed by atoms with van der Waals surface area (Å²) in [6.07, 6.45) is 0. The van der Waals surface area contributed by atoms with Gasteiger partial charge in [0.25, 0.3) is 0 Å². The second-order valence-corrected chi connectivity index (χ2v) is 17.3. The van der Waals surface area contributed by atoms with Crippen molar-refractivity contribution in [2.45, 2.75) is 0 Å². The van der Waals surface area contributed by atoms with E-state index in [-0.39, 0.29) is 0 Å². The molecule has 0 spiro atoms. The van der Waals surface area contributed by atoms with Gasteiger partial charge in [0.1, 0.15) is 0 Å². The first-order valence-corrected chi connectivity index (χ1v) is 22.6. The highest BCUT2D eigenvalue weighted by atomic mass is 32.1. The fraction of sp³-hybridized carbons (Fsp3) is 0. The van der Waals surface area contributed by atoms with Crippen LogP contribution in [0.1, 0.15) is 0 Å². The van der Waals surface area contributed by atoms with Gasteiger partial charge in [-0.25, -0.2) is 0 Å². The minimum absolute atomic E-state index is 1.06. The molecule has 0 N–H and O–H groups in total. The molecule has 10 aromatic carbocycles. The first-order valence-electron chi connectivity index (χ1n) is 21.7. The minimum Gasteiger partial charge on any atom is -0.310 e. The van der Waals surface area contributed by atoms with E-state index in [9.17, 15) is 0 Å². The van der Waals surface area contributed by atoms with E-state index < -0.39 is 0 Å². The van der Waals surface area contributed by atoms with Crippen molar-refractivity contribution in [1.82, 2.24) is 4.57 Å². The Morgan fingerprint density at radius 3 is 1.53 bits per heavy atom. The SMILES string of the molecule is c1ccc(-c2ccc(N(c3ccccc3)c3cccc(N(c4cccc(-c5ccc6c7ccccc7n(-c7ccccc7)c6c5)c4)c4ccc5sc6ccccc6c5c4)c3)cc2)cc1. The fourth-order valence-electron chi connectivity index (χ4n) is 9.36. The summed E-state index contributed by atoms with van der Waals surface area (Å²) in [7, 11) is 0. The number of aromatic nitrogens is 1. The van der Waals surface area contributed by atoms with Crippen LogP contribution in [0.5, 0.6) is 0 Å². The lowest BCUT2D eigenvalue weighted by Gasteiger charge is -2.29. The molecular formula is C60H41N3S. The summed E-state index contributed by atoms with van der Waals surface area (Å²) >= 11 is 1.85. The first kappa shape index (κ1) is 37.6. The molecular weight excluding hydrogens is 795 g/mol. The molecule has 12 rings (SSSR count). The van der Waals surface area contributed by atoms with Crippen LogP contribution in [0.2, 0.25) is 0 Å². The number of nitrogens with zero attached hydrogens (tertiary/aromatic N) is 3. The van der Waals surface area contributed by atoms with Crippen molar-refractivity contribution in [2.75, 3.05) is 9.80 Å². The highest BCUT2D eigenvalue weighted by Gasteiger charge is 2.20. The van der Waals surface area contributed by atoms with E-state index in [0.717, 1.165) is 50.9 Å². The molecule has 0 aliphatic carbocycles. The van der Waals surface area contributed by atoms with Crippen LogP contribution in [0.15, 0.2) is 249 Å². The summed E-state index contributed by atoms with van der Waals surface area (Å²) in [5.74, 6) is 0. The van der Waals surface area contributed by atoms with Gasteiger partial charge in [-0.1, -0.05) is 146 Å². The van der Waals surface area contributed by atoms with E-state index in [1.165, 1.54) is 53.1 Å². The largest absolute Gasteiger partial charge is 0.310 e. The van der Waals surface area contributed by atoms with Gasteiger partial charge in [0.05, 0.1) is 11.0 Å². The molecule has 2 aromatic heterocycles. The zero-order chi connectivity index (χ0) is 42.4. The van der Waals surface area contributed by atoms with Gasteiger partial charge in [0.15, 0.2) is 0 Å². The molecule has 4 heteroatoms. The van der Waals surface area contributed by atoms with E-state index in [0.29, 0.717) is 0 Å². The molecule has 3 nitrogen and oxygen atoms in total. The number of para-hydroxylation sites is 3. The number of rotatable bonds is 9. The molecule has 0 unspecified atom stereocenters. The van der Waals surface area contributed by atoms with Crippen LogP contribution >= 0.6 is 11.3 Å². The molecule has 0 amide bonds. The van der Waals surface area contributed by atoms with Crippen molar-refractivity contribution in [3.63, 3.8) is 0 Å². The van der Waals surface area contributed by atoms with Crippen molar-refractivity contribution in [3.8, 4) is 27.9 Å². The standard InChI is InChI=1S/C60H41N3S/c1-4-16-42(17-5-1)43-30-33-48(34-31-43)61(46-19-6-2-7-20-46)50-24-15-25-51(40-50)62(52-35-37-60-56(41-52)55-27-11-13-29-59(55)64-60)49-23-14-18-44(38-49)45-32-36-54-53-26-10-12-28-57(53)63(58(54)39-45)47-21-8-3-9-22-47/h1-41H. The van der Waals surface area contributed by atoms with Crippen LogP contribution in [0.3, 0.4) is 0 Å². The van der Waals surface area contributed by atoms with Crippen molar-refractivity contribution in [1.29, 1.82) is 0 Å². The number of anilines is 6. The van der Waals surface area contributed by atoms with E-state index in [1.54, 1.807) is 0 Å². The lowest BCUT2D eigenvalue weighted by molar-refractivity contribution is 1.18. The van der Waals surface area contributed by atoms with Gasteiger partial charge in [-0.15, -0.1) is 11.3 Å². The summed E-state index contributed by atoms with van der Waals surface area (Å²) < 4.78 is 4.97. The van der Waals surface area contributed by atoms with Gasteiger partial charge in [0, 0.05) is 70.8 Å². The van der Waals surface area contributed by atoms with Gasteiger partial charge < -0.3 is 14.4 Å². The van der Waals surface area contributed by atoms with Crippen LogP contribution in [0, 0.1) is 0 Å². The zero-order valence-corrected chi connectivity index (χ0v) is 35.7. The highest BCUT2D eigenvalue weighted by molar-refractivity contribution is 7.25. The third-order valence-electron chi connectivity index (χ3n) is 12.3. The summed E-state index contributed by atoms with van der Waals surface area (Å²) in [5.41, 5.74) is 14.7. The Morgan fingerprint density at radius 2 is 0.750 bits per heavy atom. The van der Waals surface area contributed by atoms with Crippen LogP contribution in [-0.2, 0) is 0 Å². The van der Waals surface area contributed by atoms with Gasteiger partial charge in [-0.2, -0.15) is 0 Å². The molecule has 302 valence electrons. The maximum atomic E-state index is 2.42. The molecule has 2 heterocycles. The third-order valence-corrected chi connectivity index (χ3v) is 13.5. The molecule has 64 heavy (non-hydrogen) atoms. The lowest BCUT2D eigenvalue weighted by atomic mass is 10.0. The molecule has 0 saturated carbocycles. The quantitative estimate of drug-likeness (QED) is 0.143. The Balaban J connectivity index is 1.02. The summed E-state index contributed by atoms with van der Waals surface area (Å²) in [5, 5.41) is 5.04. The number of hydrogen-bond donors (Lipinski definition) is 0. The molecule has 0 aliphatic heterocycles. The molecule has 0 bridgehead atoms. The third kappa shape index (κ3) is 6.69.